The lowest BCUT2D eigenvalue weighted by Crippen LogP contribution is -2.40. The molecule has 0 fully saturated rings. The Labute approximate surface area is 160 Å². The Kier molecular flexibility index (Phi) is 6.81. The lowest BCUT2D eigenvalue weighted by molar-refractivity contribution is -0.114. The summed E-state index contributed by atoms with van der Waals surface area (Å²) in [5.41, 5.74) is 1.31. The highest BCUT2D eigenvalue weighted by molar-refractivity contribution is 7.89. The number of likely N-dealkylation sites (N-methyl/N-ethyl adjacent to an activating group) is 1. The maximum absolute atomic E-state index is 12.7. The van der Waals surface area contributed by atoms with Crippen molar-refractivity contribution < 1.29 is 17.9 Å². The molecule has 0 unspecified atom stereocenters. The van der Waals surface area contributed by atoms with E-state index in [4.69, 9.17) is 4.74 Å². The summed E-state index contributed by atoms with van der Waals surface area (Å²) >= 11 is 0. The van der Waals surface area contributed by atoms with Gasteiger partial charge in [-0.15, -0.1) is 0 Å². The largest absolute Gasteiger partial charge is 0.495 e. The number of ether oxygens (including phenoxy) is 1. The average molecular weight is 391 g/mol. The number of carbonyl (C=O) groups excluding carboxylic acids is 1. The third-order valence-corrected chi connectivity index (χ3v) is 5.48. The maximum Gasteiger partial charge on any atom is 0.240 e. The van der Waals surface area contributed by atoms with Crippen LogP contribution in [-0.4, -0.2) is 41.1 Å². The highest BCUT2D eigenvalue weighted by atomic mass is 32.2. The quantitative estimate of drug-likeness (QED) is 0.722. The van der Waals surface area contributed by atoms with Crippen LogP contribution in [-0.2, 0) is 14.8 Å². The number of hydrogen-bond donors (Lipinski definition) is 2. The Bertz CT molecular complexity index is 885. The second kappa shape index (κ2) is 8.88. The summed E-state index contributed by atoms with van der Waals surface area (Å²) in [6.07, 6.45) is 0. The highest BCUT2D eigenvalue weighted by Gasteiger charge is 2.20. The molecule has 0 aliphatic rings. The van der Waals surface area contributed by atoms with E-state index in [2.05, 4.69) is 10.0 Å². The van der Waals surface area contributed by atoms with Crippen molar-refractivity contribution in [2.45, 2.75) is 24.8 Å². The van der Waals surface area contributed by atoms with Crippen LogP contribution in [0.25, 0.3) is 0 Å². The van der Waals surface area contributed by atoms with Crippen molar-refractivity contribution in [2.24, 2.45) is 0 Å². The van der Waals surface area contributed by atoms with Crippen LogP contribution in [0.4, 0.5) is 11.4 Å². The molecule has 0 heterocycles. The second-order valence-corrected chi connectivity index (χ2v) is 8.00. The molecule has 0 bridgehead atoms. The van der Waals surface area contributed by atoms with Gasteiger partial charge in [0.05, 0.1) is 17.7 Å². The number of benzene rings is 2. The third kappa shape index (κ3) is 5.70. The van der Waals surface area contributed by atoms with Gasteiger partial charge in [0.1, 0.15) is 5.75 Å². The Morgan fingerprint density at radius 3 is 2.44 bits per heavy atom. The fourth-order valence-corrected chi connectivity index (χ4v) is 3.97. The first-order valence-electron chi connectivity index (χ1n) is 8.47. The van der Waals surface area contributed by atoms with E-state index < -0.39 is 10.0 Å². The molecule has 1 amide bonds. The zero-order valence-electron chi connectivity index (χ0n) is 15.9. The molecule has 7 nitrogen and oxygen atoms in total. The van der Waals surface area contributed by atoms with Gasteiger partial charge in [0.2, 0.25) is 15.9 Å². The van der Waals surface area contributed by atoms with Crippen molar-refractivity contribution in [1.82, 2.24) is 4.72 Å². The van der Waals surface area contributed by atoms with E-state index in [0.29, 0.717) is 18.0 Å². The molecule has 0 aromatic heterocycles. The number of methoxy groups -OCH3 is 1. The van der Waals surface area contributed by atoms with Crippen molar-refractivity contribution in [1.29, 1.82) is 0 Å². The number of nitrogens with one attached hydrogen (secondary N) is 2. The molecule has 0 aliphatic carbocycles. The van der Waals surface area contributed by atoms with Crippen LogP contribution in [0, 0.1) is 0 Å². The summed E-state index contributed by atoms with van der Waals surface area (Å²) in [5.74, 6) is 0.0784. The molecule has 8 heteroatoms. The minimum Gasteiger partial charge on any atom is -0.495 e. The van der Waals surface area contributed by atoms with Crippen molar-refractivity contribution in [3.63, 3.8) is 0 Å². The van der Waals surface area contributed by atoms with E-state index in [1.165, 1.54) is 32.2 Å². The van der Waals surface area contributed by atoms with Gasteiger partial charge in [0, 0.05) is 32.2 Å². The topological polar surface area (TPSA) is 87.7 Å². The number of rotatable bonds is 8. The summed E-state index contributed by atoms with van der Waals surface area (Å²) in [6.45, 7) is 3.65. The van der Waals surface area contributed by atoms with Gasteiger partial charge in [-0.3, -0.25) is 4.79 Å². The predicted octanol–water partition coefficient (Wildman–Crippen LogP) is 2.46. The van der Waals surface area contributed by atoms with Crippen molar-refractivity contribution in [3.05, 3.63) is 48.5 Å². The summed E-state index contributed by atoms with van der Waals surface area (Å²) < 4.78 is 33.3. The molecule has 2 aromatic carbocycles. The van der Waals surface area contributed by atoms with Crippen LogP contribution in [0.15, 0.2) is 53.4 Å². The molecule has 0 aliphatic heterocycles. The van der Waals surface area contributed by atoms with E-state index >= 15 is 0 Å². The number of hydrogen-bond acceptors (Lipinski definition) is 5. The lowest BCUT2D eigenvalue weighted by Gasteiger charge is -2.24. The average Bonchev–Trinajstić information content (AvgIpc) is 2.61. The summed E-state index contributed by atoms with van der Waals surface area (Å²) in [7, 11) is -0.396. The number of nitrogens with zero attached hydrogens (tertiary/aromatic N) is 1. The lowest BCUT2D eigenvalue weighted by atomic mass is 10.2. The molecular formula is C19H25N3O4S. The third-order valence-electron chi connectivity index (χ3n) is 3.89. The molecule has 2 aromatic rings. The molecule has 0 radical (unpaired) electrons. The number of amides is 1. The molecule has 0 saturated carbocycles. The number of anilines is 2. The van der Waals surface area contributed by atoms with Gasteiger partial charge in [-0.05, 0) is 37.3 Å². The molecule has 1 atom stereocenters. The van der Waals surface area contributed by atoms with Crippen LogP contribution in [0.5, 0.6) is 5.75 Å². The van der Waals surface area contributed by atoms with Gasteiger partial charge >= 0.3 is 0 Å². The van der Waals surface area contributed by atoms with Crippen LogP contribution in [0.2, 0.25) is 0 Å². The molecule has 0 spiro atoms. The number of carbonyl (C=O) groups is 1. The fraction of sp³-hybridized carbons (Fsp3) is 0.316. The smallest absolute Gasteiger partial charge is 0.240 e. The van der Waals surface area contributed by atoms with Gasteiger partial charge < -0.3 is 15.0 Å². The van der Waals surface area contributed by atoms with Crippen LogP contribution in [0.3, 0.4) is 0 Å². The van der Waals surface area contributed by atoms with E-state index in [1.54, 1.807) is 6.92 Å². The SMILES string of the molecule is COc1ccc(S(=O)(=O)N[C@@H](C)CN(C)c2ccccc2)cc1NC(C)=O. The van der Waals surface area contributed by atoms with Gasteiger partial charge in [0.15, 0.2) is 0 Å². The second-order valence-electron chi connectivity index (χ2n) is 6.28. The number of para-hydroxylation sites is 1. The Morgan fingerprint density at radius 2 is 1.85 bits per heavy atom. The van der Waals surface area contributed by atoms with Gasteiger partial charge in [-0.1, -0.05) is 18.2 Å². The standard InChI is InChI=1S/C19H25N3O4S/c1-14(13-22(3)16-8-6-5-7-9-16)21-27(24,25)17-10-11-19(26-4)18(12-17)20-15(2)23/h5-12,14,21H,13H2,1-4H3,(H,20,23)/t14-/m0/s1. The molecule has 0 saturated heterocycles. The van der Waals surface area contributed by atoms with E-state index in [1.807, 2.05) is 42.3 Å². The minimum absolute atomic E-state index is 0.0567. The van der Waals surface area contributed by atoms with E-state index in [-0.39, 0.29) is 16.8 Å². The Morgan fingerprint density at radius 1 is 1.19 bits per heavy atom. The van der Waals surface area contributed by atoms with Crippen molar-refractivity contribution in [3.8, 4) is 5.75 Å². The summed E-state index contributed by atoms with van der Waals surface area (Å²) in [5, 5.41) is 2.58. The molecular weight excluding hydrogens is 366 g/mol. The van der Waals surface area contributed by atoms with Gasteiger partial charge in [-0.2, -0.15) is 0 Å². The maximum atomic E-state index is 12.7. The zero-order valence-corrected chi connectivity index (χ0v) is 16.7. The Balaban J connectivity index is 2.14. The van der Waals surface area contributed by atoms with E-state index in [9.17, 15) is 13.2 Å². The van der Waals surface area contributed by atoms with Crippen molar-refractivity contribution in [2.75, 3.05) is 30.9 Å². The molecule has 27 heavy (non-hydrogen) atoms. The summed E-state index contributed by atoms with van der Waals surface area (Å²) in [4.78, 5) is 13.4. The monoisotopic (exact) mass is 391 g/mol. The zero-order chi connectivity index (χ0) is 20.0. The van der Waals surface area contributed by atoms with Gasteiger partial charge in [0.25, 0.3) is 0 Å². The van der Waals surface area contributed by atoms with Crippen molar-refractivity contribution >= 4 is 27.3 Å². The van der Waals surface area contributed by atoms with Gasteiger partial charge in [-0.25, -0.2) is 13.1 Å². The Hall–Kier alpha value is -2.58. The fourth-order valence-electron chi connectivity index (χ4n) is 2.71. The van der Waals surface area contributed by atoms with Crippen LogP contribution >= 0.6 is 0 Å². The molecule has 2 N–H and O–H groups in total. The predicted molar refractivity (Wildman–Crippen MR) is 107 cm³/mol. The summed E-state index contributed by atoms with van der Waals surface area (Å²) in [6, 6.07) is 13.7. The first-order valence-corrected chi connectivity index (χ1v) is 9.95. The van der Waals surface area contributed by atoms with Crippen LogP contribution < -0.4 is 19.7 Å². The first-order chi connectivity index (χ1) is 12.7. The number of sulfonamides is 1. The normalized spacial score (nSPS) is 12.3. The first kappa shape index (κ1) is 20.7. The molecule has 2 rings (SSSR count). The van der Waals surface area contributed by atoms with Crippen LogP contribution in [0.1, 0.15) is 13.8 Å². The minimum atomic E-state index is -3.75. The highest BCUT2D eigenvalue weighted by Crippen LogP contribution is 2.27. The van der Waals surface area contributed by atoms with E-state index in [0.717, 1.165) is 5.69 Å². The molecule has 146 valence electrons.